The molecule has 0 unspecified atom stereocenters. The van der Waals surface area contributed by atoms with Gasteiger partial charge in [-0.1, -0.05) is 11.6 Å². The monoisotopic (exact) mass is 232 g/mol. The lowest BCUT2D eigenvalue weighted by Gasteiger charge is -2.03. The molecule has 0 fully saturated rings. The van der Waals surface area contributed by atoms with Gasteiger partial charge < -0.3 is 5.73 Å². The molecular formula is C12H9ClN2O. The summed E-state index contributed by atoms with van der Waals surface area (Å²) in [6.45, 7) is 0. The topological polar surface area (TPSA) is 56.0 Å². The number of benzene rings is 1. The number of rotatable bonds is 2. The second-order valence-electron chi connectivity index (χ2n) is 3.34. The number of hydrogen-bond donors (Lipinski definition) is 1. The highest BCUT2D eigenvalue weighted by Gasteiger charge is 2.09. The number of carbonyl (C=O) groups excluding carboxylic acids is 1. The third kappa shape index (κ3) is 2.20. The Morgan fingerprint density at radius 2 is 1.81 bits per heavy atom. The van der Waals surface area contributed by atoms with Gasteiger partial charge in [-0.05, 0) is 30.3 Å². The summed E-state index contributed by atoms with van der Waals surface area (Å²) in [7, 11) is 0. The quantitative estimate of drug-likeness (QED) is 0.640. The number of aromatic nitrogens is 1. The van der Waals surface area contributed by atoms with Gasteiger partial charge in [-0.3, -0.25) is 9.78 Å². The van der Waals surface area contributed by atoms with Crippen LogP contribution in [0.25, 0.3) is 0 Å². The zero-order valence-corrected chi connectivity index (χ0v) is 9.11. The molecule has 0 amide bonds. The van der Waals surface area contributed by atoms with Crippen LogP contribution in [0.15, 0.2) is 42.7 Å². The molecule has 2 rings (SSSR count). The van der Waals surface area contributed by atoms with Gasteiger partial charge in [0.2, 0.25) is 0 Å². The number of anilines is 1. The highest BCUT2D eigenvalue weighted by Crippen LogP contribution is 2.19. The van der Waals surface area contributed by atoms with E-state index in [2.05, 4.69) is 4.98 Å². The third-order valence-corrected chi connectivity index (χ3v) is 2.34. The smallest absolute Gasteiger partial charge is 0.193 e. The van der Waals surface area contributed by atoms with E-state index in [1.165, 1.54) is 0 Å². The van der Waals surface area contributed by atoms with Gasteiger partial charge in [0.25, 0.3) is 0 Å². The van der Waals surface area contributed by atoms with Gasteiger partial charge in [0.05, 0.1) is 0 Å². The summed E-state index contributed by atoms with van der Waals surface area (Å²) in [6, 6.07) is 8.11. The van der Waals surface area contributed by atoms with Crippen LogP contribution in [0.2, 0.25) is 5.02 Å². The maximum absolute atomic E-state index is 12.0. The Hall–Kier alpha value is -1.87. The van der Waals surface area contributed by atoms with Gasteiger partial charge in [0, 0.05) is 34.2 Å². The SMILES string of the molecule is Nc1cc(Cl)cc(C(=O)c2ccncc2)c1. The number of nitrogens with two attached hydrogens (primary N) is 1. The minimum Gasteiger partial charge on any atom is -0.399 e. The van der Waals surface area contributed by atoms with E-state index in [-0.39, 0.29) is 5.78 Å². The predicted octanol–water partition coefficient (Wildman–Crippen LogP) is 2.55. The number of nitrogens with zero attached hydrogens (tertiary/aromatic N) is 1. The summed E-state index contributed by atoms with van der Waals surface area (Å²) in [5, 5.41) is 0.456. The molecule has 3 nitrogen and oxygen atoms in total. The Morgan fingerprint density at radius 3 is 2.44 bits per heavy atom. The van der Waals surface area contributed by atoms with Crippen molar-refractivity contribution in [2.24, 2.45) is 0 Å². The number of halogens is 1. The molecule has 1 aromatic carbocycles. The van der Waals surface area contributed by atoms with Gasteiger partial charge >= 0.3 is 0 Å². The Morgan fingerprint density at radius 1 is 1.12 bits per heavy atom. The molecule has 2 N–H and O–H groups in total. The van der Waals surface area contributed by atoms with Crippen molar-refractivity contribution in [1.29, 1.82) is 0 Å². The fourth-order valence-electron chi connectivity index (χ4n) is 1.41. The minimum atomic E-state index is -0.114. The molecule has 1 heterocycles. The van der Waals surface area contributed by atoms with Crippen LogP contribution in [0.4, 0.5) is 5.69 Å². The van der Waals surface area contributed by atoms with E-state index in [0.29, 0.717) is 21.8 Å². The zero-order chi connectivity index (χ0) is 11.5. The second-order valence-corrected chi connectivity index (χ2v) is 3.77. The average Bonchev–Trinajstić information content (AvgIpc) is 2.28. The van der Waals surface area contributed by atoms with Crippen LogP contribution in [0.1, 0.15) is 15.9 Å². The molecule has 2 aromatic rings. The molecule has 0 radical (unpaired) electrons. The molecule has 0 spiro atoms. The summed E-state index contributed by atoms with van der Waals surface area (Å²) < 4.78 is 0. The van der Waals surface area contributed by atoms with Crippen LogP contribution in [0, 0.1) is 0 Å². The molecule has 4 heteroatoms. The Kier molecular flexibility index (Phi) is 2.88. The fraction of sp³-hybridized carbons (Fsp3) is 0. The van der Waals surface area contributed by atoms with Gasteiger partial charge in [-0.2, -0.15) is 0 Å². The molecule has 0 aliphatic rings. The van der Waals surface area contributed by atoms with Crippen LogP contribution >= 0.6 is 11.6 Å². The summed E-state index contributed by atoms with van der Waals surface area (Å²) >= 11 is 5.84. The lowest BCUT2D eigenvalue weighted by atomic mass is 10.0. The first-order valence-corrected chi connectivity index (χ1v) is 5.05. The van der Waals surface area contributed by atoms with E-state index in [4.69, 9.17) is 17.3 Å². The molecule has 0 atom stereocenters. The Labute approximate surface area is 97.9 Å². The van der Waals surface area contributed by atoms with Crippen molar-refractivity contribution in [3.05, 3.63) is 58.9 Å². The minimum absolute atomic E-state index is 0.114. The van der Waals surface area contributed by atoms with Crippen LogP contribution in [0.3, 0.4) is 0 Å². The largest absolute Gasteiger partial charge is 0.399 e. The van der Waals surface area contributed by atoms with Crippen molar-refractivity contribution in [3.63, 3.8) is 0 Å². The van der Waals surface area contributed by atoms with Crippen molar-refractivity contribution >= 4 is 23.1 Å². The van der Waals surface area contributed by atoms with Crippen LogP contribution in [0.5, 0.6) is 0 Å². The number of nitrogen functional groups attached to an aromatic ring is 1. The maximum atomic E-state index is 12.0. The molecular weight excluding hydrogens is 224 g/mol. The first-order chi connectivity index (χ1) is 7.66. The van der Waals surface area contributed by atoms with E-state index in [1.807, 2.05) is 0 Å². The lowest BCUT2D eigenvalue weighted by Crippen LogP contribution is -2.02. The van der Waals surface area contributed by atoms with Gasteiger partial charge in [-0.25, -0.2) is 0 Å². The highest BCUT2D eigenvalue weighted by atomic mass is 35.5. The van der Waals surface area contributed by atoms with E-state index in [1.54, 1.807) is 42.7 Å². The second kappa shape index (κ2) is 4.33. The van der Waals surface area contributed by atoms with Crippen molar-refractivity contribution in [1.82, 2.24) is 4.98 Å². The van der Waals surface area contributed by atoms with E-state index in [0.717, 1.165) is 0 Å². The molecule has 0 saturated heterocycles. The molecule has 0 aliphatic heterocycles. The molecule has 1 aromatic heterocycles. The fourth-order valence-corrected chi connectivity index (χ4v) is 1.66. The molecule has 0 bridgehead atoms. The predicted molar refractivity (Wildman–Crippen MR) is 63.5 cm³/mol. The number of ketones is 1. The van der Waals surface area contributed by atoms with Gasteiger partial charge in [0.1, 0.15) is 0 Å². The maximum Gasteiger partial charge on any atom is 0.193 e. The Balaban J connectivity index is 2.42. The van der Waals surface area contributed by atoms with Gasteiger partial charge in [0.15, 0.2) is 5.78 Å². The third-order valence-electron chi connectivity index (χ3n) is 2.12. The van der Waals surface area contributed by atoms with E-state index in [9.17, 15) is 4.79 Å². The van der Waals surface area contributed by atoms with E-state index < -0.39 is 0 Å². The first kappa shape index (κ1) is 10.6. The summed E-state index contributed by atoms with van der Waals surface area (Å²) in [4.78, 5) is 15.9. The van der Waals surface area contributed by atoms with Crippen molar-refractivity contribution < 1.29 is 4.79 Å². The van der Waals surface area contributed by atoms with Gasteiger partial charge in [-0.15, -0.1) is 0 Å². The first-order valence-electron chi connectivity index (χ1n) is 4.67. The highest BCUT2D eigenvalue weighted by molar-refractivity contribution is 6.31. The lowest BCUT2D eigenvalue weighted by molar-refractivity contribution is 0.103. The number of carbonyl (C=O) groups is 1. The summed E-state index contributed by atoms with van der Waals surface area (Å²) in [5.41, 5.74) is 7.15. The van der Waals surface area contributed by atoms with Crippen LogP contribution in [-0.2, 0) is 0 Å². The average molecular weight is 233 g/mol. The molecule has 16 heavy (non-hydrogen) atoms. The Bertz CT molecular complexity index is 506. The summed E-state index contributed by atoms with van der Waals surface area (Å²) in [5.74, 6) is -0.114. The summed E-state index contributed by atoms with van der Waals surface area (Å²) in [6.07, 6.45) is 3.14. The molecule has 0 aliphatic carbocycles. The van der Waals surface area contributed by atoms with Crippen LogP contribution < -0.4 is 5.73 Å². The van der Waals surface area contributed by atoms with Crippen molar-refractivity contribution in [3.8, 4) is 0 Å². The number of hydrogen-bond acceptors (Lipinski definition) is 3. The molecule has 0 saturated carbocycles. The normalized spacial score (nSPS) is 10.1. The zero-order valence-electron chi connectivity index (χ0n) is 8.35. The van der Waals surface area contributed by atoms with Crippen LogP contribution in [-0.4, -0.2) is 10.8 Å². The van der Waals surface area contributed by atoms with Crippen molar-refractivity contribution in [2.45, 2.75) is 0 Å². The van der Waals surface area contributed by atoms with Crippen molar-refractivity contribution in [2.75, 3.05) is 5.73 Å². The van der Waals surface area contributed by atoms with E-state index >= 15 is 0 Å². The standard InChI is InChI=1S/C12H9ClN2O/c13-10-5-9(6-11(14)7-10)12(16)8-1-3-15-4-2-8/h1-7H,14H2. The molecule has 80 valence electrons. The number of pyridine rings is 1.